The van der Waals surface area contributed by atoms with Crippen molar-refractivity contribution in [3.63, 3.8) is 0 Å². The first-order valence-electron chi connectivity index (χ1n) is 5.02. The van der Waals surface area contributed by atoms with Gasteiger partial charge in [-0.3, -0.25) is 0 Å². The predicted octanol–water partition coefficient (Wildman–Crippen LogP) is 1.76. The monoisotopic (exact) mass is 225 g/mol. The normalized spacial score (nSPS) is 9.88. The Balaban J connectivity index is 3.21. The van der Waals surface area contributed by atoms with Crippen LogP contribution >= 0.6 is 0 Å². The molecule has 0 spiro atoms. The molecule has 1 rings (SSSR count). The molecule has 16 heavy (non-hydrogen) atoms. The van der Waals surface area contributed by atoms with Gasteiger partial charge in [-0.15, -0.1) is 0 Å². The molecule has 1 aromatic rings. The van der Waals surface area contributed by atoms with Gasteiger partial charge in [-0.2, -0.15) is 0 Å². The number of rotatable bonds is 5. The van der Waals surface area contributed by atoms with Crippen LogP contribution in [0.15, 0.2) is 12.1 Å². The third kappa shape index (κ3) is 2.56. The summed E-state index contributed by atoms with van der Waals surface area (Å²) in [6.07, 6.45) is 0. The summed E-state index contributed by atoms with van der Waals surface area (Å²) in [7, 11) is 0. The van der Waals surface area contributed by atoms with Crippen LogP contribution in [0.1, 0.15) is 24.2 Å². The van der Waals surface area contributed by atoms with Crippen molar-refractivity contribution < 1.29 is 19.4 Å². The van der Waals surface area contributed by atoms with E-state index in [0.717, 1.165) is 0 Å². The van der Waals surface area contributed by atoms with Crippen molar-refractivity contribution in [1.29, 1.82) is 0 Å². The summed E-state index contributed by atoms with van der Waals surface area (Å²) < 4.78 is 10.6. The topological polar surface area (TPSA) is 81.8 Å². The summed E-state index contributed by atoms with van der Waals surface area (Å²) in [6.45, 7) is 4.49. The molecular formula is C11H15NO4. The quantitative estimate of drug-likeness (QED) is 0.746. The zero-order valence-electron chi connectivity index (χ0n) is 9.32. The Kier molecular flexibility index (Phi) is 3.99. The van der Waals surface area contributed by atoms with Crippen LogP contribution in [0.4, 0.5) is 5.69 Å². The Hall–Kier alpha value is -1.91. The van der Waals surface area contributed by atoms with Gasteiger partial charge in [-0.1, -0.05) is 0 Å². The molecule has 0 bridgehead atoms. The second kappa shape index (κ2) is 5.25. The van der Waals surface area contributed by atoms with E-state index in [4.69, 9.17) is 20.3 Å². The van der Waals surface area contributed by atoms with Crippen LogP contribution in [-0.4, -0.2) is 24.3 Å². The molecule has 0 saturated heterocycles. The largest absolute Gasteiger partial charge is 0.490 e. The fraction of sp³-hybridized carbons (Fsp3) is 0.364. The average molecular weight is 225 g/mol. The van der Waals surface area contributed by atoms with Crippen molar-refractivity contribution in [1.82, 2.24) is 0 Å². The molecule has 0 saturated carbocycles. The first kappa shape index (κ1) is 12.2. The maximum Gasteiger partial charge on any atom is 0.335 e. The van der Waals surface area contributed by atoms with E-state index in [0.29, 0.717) is 24.7 Å². The minimum atomic E-state index is -1.05. The Morgan fingerprint density at radius 1 is 1.31 bits per heavy atom. The number of ether oxygens (including phenoxy) is 2. The van der Waals surface area contributed by atoms with Crippen molar-refractivity contribution in [2.45, 2.75) is 13.8 Å². The van der Waals surface area contributed by atoms with E-state index >= 15 is 0 Å². The number of aromatic carboxylic acids is 1. The Labute approximate surface area is 93.8 Å². The molecule has 5 heteroatoms. The van der Waals surface area contributed by atoms with Gasteiger partial charge in [0.1, 0.15) is 0 Å². The summed E-state index contributed by atoms with van der Waals surface area (Å²) >= 11 is 0. The van der Waals surface area contributed by atoms with E-state index in [2.05, 4.69) is 0 Å². The lowest BCUT2D eigenvalue weighted by Gasteiger charge is -2.13. The Bertz CT molecular complexity index is 390. The van der Waals surface area contributed by atoms with Crippen molar-refractivity contribution in [2.75, 3.05) is 18.9 Å². The number of carboxylic acids is 1. The lowest BCUT2D eigenvalue weighted by molar-refractivity contribution is 0.0696. The van der Waals surface area contributed by atoms with E-state index in [9.17, 15) is 4.79 Å². The first-order chi connectivity index (χ1) is 7.60. The van der Waals surface area contributed by atoms with Crippen LogP contribution in [0.3, 0.4) is 0 Å². The third-order valence-electron chi connectivity index (χ3n) is 1.92. The summed E-state index contributed by atoms with van der Waals surface area (Å²) in [6, 6.07) is 2.77. The number of hydrogen-bond donors (Lipinski definition) is 2. The second-order valence-corrected chi connectivity index (χ2v) is 3.06. The van der Waals surface area contributed by atoms with E-state index in [1.165, 1.54) is 12.1 Å². The van der Waals surface area contributed by atoms with Crippen molar-refractivity contribution in [3.8, 4) is 11.5 Å². The molecule has 0 unspecified atom stereocenters. The number of carboxylic acid groups (broad SMARTS) is 1. The van der Waals surface area contributed by atoms with E-state index in [1.54, 1.807) is 6.92 Å². The van der Waals surface area contributed by atoms with Gasteiger partial charge in [0.25, 0.3) is 0 Å². The summed E-state index contributed by atoms with van der Waals surface area (Å²) in [5.41, 5.74) is 6.06. The van der Waals surface area contributed by atoms with Crippen LogP contribution < -0.4 is 15.2 Å². The number of nitrogen functional groups attached to an aromatic ring is 1. The standard InChI is InChI=1S/C11H15NO4/c1-3-15-9-6-7(11(13)14)5-8(12)10(9)16-4-2/h5-6H,3-4,12H2,1-2H3,(H,13,14). The van der Waals surface area contributed by atoms with Gasteiger partial charge in [-0.05, 0) is 26.0 Å². The molecule has 88 valence electrons. The van der Waals surface area contributed by atoms with Crippen LogP contribution in [0.2, 0.25) is 0 Å². The summed E-state index contributed by atoms with van der Waals surface area (Å²) in [5, 5.41) is 8.87. The van der Waals surface area contributed by atoms with Crippen LogP contribution in [0.25, 0.3) is 0 Å². The van der Waals surface area contributed by atoms with E-state index in [1.807, 2.05) is 6.92 Å². The van der Waals surface area contributed by atoms with Crippen LogP contribution in [0, 0.1) is 0 Å². The molecule has 0 fully saturated rings. The molecular weight excluding hydrogens is 210 g/mol. The van der Waals surface area contributed by atoms with Gasteiger partial charge in [-0.25, -0.2) is 4.79 Å². The average Bonchev–Trinajstić information content (AvgIpc) is 2.23. The molecule has 0 aromatic heterocycles. The highest BCUT2D eigenvalue weighted by atomic mass is 16.5. The SMILES string of the molecule is CCOc1cc(C(=O)O)cc(N)c1OCC. The predicted molar refractivity (Wildman–Crippen MR) is 60.2 cm³/mol. The smallest absolute Gasteiger partial charge is 0.335 e. The number of anilines is 1. The zero-order valence-corrected chi connectivity index (χ0v) is 9.32. The molecule has 1 aromatic carbocycles. The highest BCUT2D eigenvalue weighted by Crippen LogP contribution is 2.35. The summed E-state index contributed by atoms with van der Waals surface area (Å²) in [5.74, 6) is -0.285. The number of carbonyl (C=O) groups is 1. The molecule has 0 radical (unpaired) electrons. The molecule has 0 amide bonds. The number of nitrogens with two attached hydrogens (primary N) is 1. The number of hydrogen-bond acceptors (Lipinski definition) is 4. The summed E-state index contributed by atoms with van der Waals surface area (Å²) in [4.78, 5) is 10.8. The highest BCUT2D eigenvalue weighted by Gasteiger charge is 2.14. The van der Waals surface area contributed by atoms with Gasteiger partial charge in [0.2, 0.25) is 0 Å². The first-order valence-corrected chi connectivity index (χ1v) is 5.02. The van der Waals surface area contributed by atoms with Crippen molar-refractivity contribution in [3.05, 3.63) is 17.7 Å². The minimum Gasteiger partial charge on any atom is -0.490 e. The third-order valence-corrected chi connectivity index (χ3v) is 1.92. The van der Waals surface area contributed by atoms with Gasteiger partial charge in [0.15, 0.2) is 11.5 Å². The fourth-order valence-corrected chi connectivity index (χ4v) is 1.31. The van der Waals surface area contributed by atoms with Crippen LogP contribution in [-0.2, 0) is 0 Å². The van der Waals surface area contributed by atoms with E-state index < -0.39 is 5.97 Å². The molecule has 0 heterocycles. The lowest BCUT2D eigenvalue weighted by Crippen LogP contribution is -2.05. The molecule has 0 aliphatic rings. The maximum absolute atomic E-state index is 10.8. The van der Waals surface area contributed by atoms with Gasteiger partial charge in [0.05, 0.1) is 24.5 Å². The van der Waals surface area contributed by atoms with Gasteiger partial charge >= 0.3 is 5.97 Å². The maximum atomic E-state index is 10.8. The van der Waals surface area contributed by atoms with Crippen molar-refractivity contribution >= 4 is 11.7 Å². The molecule has 0 aliphatic carbocycles. The number of benzene rings is 1. The van der Waals surface area contributed by atoms with Crippen LogP contribution in [0.5, 0.6) is 11.5 Å². The van der Waals surface area contributed by atoms with E-state index in [-0.39, 0.29) is 11.3 Å². The lowest BCUT2D eigenvalue weighted by atomic mass is 10.1. The molecule has 0 atom stereocenters. The minimum absolute atomic E-state index is 0.0874. The van der Waals surface area contributed by atoms with Gasteiger partial charge < -0.3 is 20.3 Å². The zero-order chi connectivity index (χ0) is 12.1. The fourth-order valence-electron chi connectivity index (χ4n) is 1.31. The van der Waals surface area contributed by atoms with Crippen molar-refractivity contribution in [2.24, 2.45) is 0 Å². The molecule has 5 nitrogen and oxygen atoms in total. The second-order valence-electron chi connectivity index (χ2n) is 3.06. The Morgan fingerprint density at radius 3 is 2.44 bits per heavy atom. The molecule has 0 aliphatic heterocycles. The van der Waals surface area contributed by atoms with Gasteiger partial charge in [0, 0.05) is 0 Å². The highest BCUT2D eigenvalue weighted by molar-refractivity contribution is 5.90. The Morgan fingerprint density at radius 2 is 1.94 bits per heavy atom. The molecule has 3 N–H and O–H groups in total.